The summed E-state index contributed by atoms with van der Waals surface area (Å²) in [5.74, 6) is -0.673. The van der Waals surface area contributed by atoms with E-state index in [0.717, 1.165) is 18.9 Å². The number of hydrogen-bond donors (Lipinski definition) is 2. The zero-order chi connectivity index (χ0) is 12.6. The highest BCUT2D eigenvalue weighted by Gasteiger charge is 2.38. The summed E-state index contributed by atoms with van der Waals surface area (Å²) in [6, 6.07) is 1.14. The molecule has 94 valence electrons. The third-order valence-electron chi connectivity index (χ3n) is 3.35. The lowest BCUT2D eigenvalue weighted by Crippen LogP contribution is -2.34. The predicted molar refractivity (Wildman–Crippen MR) is 64.0 cm³/mol. The Morgan fingerprint density at radius 1 is 1.47 bits per heavy atom. The van der Waals surface area contributed by atoms with E-state index >= 15 is 0 Å². The molecule has 3 nitrogen and oxygen atoms in total. The van der Waals surface area contributed by atoms with Crippen LogP contribution in [0.15, 0.2) is 6.07 Å². The molecule has 1 saturated carbocycles. The molecule has 0 amide bonds. The van der Waals surface area contributed by atoms with Crippen LogP contribution in [0.5, 0.6) is 11.5 Å². The maximum atomic E-state index is 14.1. The first-order valence-corrected chi connectivity index (χ1v) is 5.92. The topological polar surface area (TPSA) is 55.5 Å². The number of hydrogen-bond acceptors (Lipinski definition) is 3. The average Bonchev–Trinajstić information content (AvgIpc) is 2.71. The van der Waals surface area contributed by atoms with Gasteiger partial charge in [0.25, 0.3) is 0 Å². The molecule has 0 bridgehead atoms. The van der Waals surface area contributed by atoms with Gasteiger partial charge in [0.05, 0.1) is 17.7 Å². The molecule has 0 unspecified atom stereocenters. The number of ether oxygens (including phenoxy) is 1. The molecule has 17 heavy (non-hydrogen) atoms. The maximum absolute atomic E-state index is 14.1. The first-order valence-electron chi connectivity index (χ1n) is 5.54. The van der Waals surface area contributed by atoms with Crippen LogP contribution in [0.25, 0.3) is 0 Å². The van der Waals surface area contributed by atoms with Gasteiger partial charge in [0, 0.05) is 11.6 Å². The van der Waals surface area contributed by atoms with Gasteiger partial charge in [-0.25, -0.2) is 4.39 Å². The van der Waals surface area contributed by atoms with Crippen LogP contribution < -0.4 is 10.5 Å². The fourth-order valence-corrected chi connectivity index (χ4v) is 2.70. The van der Waals surface area contributed by atoms with Gasteiger partial charge in [-0.1, -0.05) is 24.4 Å². The van der Waals surface area contributed by atoms with Crippen molar-refractivity contribution in [2.45, 2.75) is 31.2 Å². The molecular weight excluding hydrogens is 245 g/mol. The van der Waals surface area contributed by atoms with Gasteiger partial charge in [-0.15, -0.1) is 0 Å². The summed E-state index contributed by atoms with van der Waals surface area (Å²) in [5, 5.41) is 9.61. The second-order valence-corrected chi connectivity index (χ2v) is 4.87. The van der Waals surface area contributed by atoms with Crippen molar-refractivity contribution in [1.29, 1.82) is 0 Å². The Morgan fingerprint density at radius 3 is 2.59 bits per heavy atom. The Hall–Kier alpha value is -1.00. The van der Waals surface area contributed by atoms with Gasteiger partial charge in [-0.05, 0) is 12.8 Å². The Labute approximate surface area is 104 Å². The van der Waals surface area contributed by atoms with E-state index in [1.807, 2.05) is 0 Å². The summed E-state index contributed by atoms with van der Waals surface area (Å²) in [5.41, 5.74) is 5.61. The van der Waals surface area contributed by atoms with E-state index in [1.54, 1.807) is 0 Å². The molecule has 0 aromatic heterocycles. The van der Waals surface area contributed by atoms with Crippen molar-refractivity contribution in [1.82, 2.24) is 0 Å². The number of halogens is 2. The highest BCUT2D eigenvalue weighted by molar-refractivity contribution is 6.31. The Balaban J connectivity index is 2.65. The SMILES string of the molecule is COc1c(O)cc(Cl)c(F)c1C1(N)CCCC1. The second-order valence-electron chi connectivity index (χ2n) is 4.46. The van der Waals surface area contributed by atoms with Crippen LogP contribution in [0.4, 0.5) is 4.39 Å². The number of methoxy groups -OCH3 is 1. The van der Waals surface area contributed by atoms with Gasteiger partial charge in [0.15, 0.2) is 17.3 Å². The molecule has 1 aliphatic carbocycles. The van der Waals surface area contributed by atoms with Crippen molar-refractivity contribution in [3.05, 3.63) is 22.5 Å². The molecule has 5 heteroatoms. The van der Waals surface area contributed by atoms with Crippen molar-refractivity contribution in [2.24, 2.45) is 5.73 Å². The van der Waals surface area contributed by atoms with Crippen LogP contribution in [-0.4, -0.2) is 12.2 Å². The number of nitrogens with two attached hydrogens (primary N) is 1. The van der Waals surface area contributed by atoms with Gasteiger partial charge in [-0.3, -0.25) is 0 Å². The molecule has 0 heterocycles. The van der Waals surface area contributed by atoms with E-state index in [0.29, 0.717) is 12.8 Å². The summed E-state index contributed by atoms with van der Waals surface area (Å²) in [6.07, 6.45) is 3.21. The molecule has 1 aromatic carbocycles. The molecule has 1 aliphatic rings. The van der Waals surface area contributed by atoms with Crippen LogP contribution >= 0.6 is 11.6 Å². The first kappa shape index (κ1) is 12.5. The fraction of sp³-hybridized carbons (Fsp3) is 0.500. The molecule has 0 atom stereocenters. The van der Waals surface area contributed by atoms with Crippen LogP contribution in [0.3, 0.4) is 0 Å². The third-order valence-corrected chi connectivity index (χ3v) is 3.63. The smallest absolute Gasteiger partial charge is 0.168 e. The maximum Gasteiger partial charge on any atom is 0.168 e. The van der Waals surface area contributed by atoms with Gasteiger partial charge in [0.1, 0.15) is 0 Å². The van der Waals surface area contributed by atoms with E-state index in [9.17, 15) is 9.50 Å². The normalized spacial score (nSPS) is 18.4. The van der Waals surface area contributed by atoms with Crippen molar-refractivity contribution >= 4 is 11.6 Å². The minimum absolute atomic E-state index is 0.0938. The average molecular weight is 260 g/mol. The minimum Gasteiger partial charge on any atom is -0.504 e. The lowest BCUT2D eigenvalue weighted by Gasteiger charge is -2.27. The number of phenols is 1. The summed E-state index contributed by atoms with van der Waals surface area (Å²) in [7, 11) is 1.38. The number of aromatic hydroxyl groups is 1. The molecule has 1 fully saturated rings. The summed E-state index contributed by atoms with van der Waals surface area (Å²) in [4.78, 5) is 0. The summed E-state index contributed by atoms with van der Waals surface area (Å²) < 4.78 is 19.2. The Kier molecular flexibility index (Phi) is 3.19. The number of rotatable bonds is 2. The fourth-order valence-electron chi connectivity index (χ4n) is 2.50. The largest absolute Gasteiger partial charge is 0.504 e. The summed E-state index contributed by atoms with van der Waals surface area (Å²) >= 11 is 5.74. The molecule has 0 aliphatic heterocycles. The highest BCUT2D eigenvalue weighted by atomic mass is 35.5. The highest BCUT2D eigenvalue weighted by Crippen LogP contribution is 2.47. The minimum atomic E-state index is -0.794. The van der Waals surface area contributed by atoms with Crippen molar-refractivity contribution in [3.8, 4) is 11.5 Å². The van der Waals surface area contributed by atoms with Gasteiger partial charge in [-0.2, -0.15) is 0 Å². The van der Waals surface area contributed by atoms with Crippen molar-refractivity contribution in [3.63, 3.8) is 0 Å². The zero-order valence-corrected chi connectivity index (χ0v) is 10.4. The Morgan fingerprint density at radius 2 is 2.06 bits per heavy atom. The molecular formula is C12H15ClFNO2. The molecule has 3 N–H and O–H groups in total. The lowest BCUT2D eigenvalue weighted by atomic mass is 9.88. The second kappa shape index (κ2) is 4.35. The molecule has 0 radical (unpaired) electrons. The van der Waals surface area contributed by atoms with Gasteiger partial charge >= 0.3 is 0 Å². The van der Waals surface area contributed by atoms with Crippen LogP contribution in [0, 0.1) is 5.82 Å². The molecule has 1 aromatic rings. The van der Waals surface area contributed by atoms with E-state index < -0.39 is 11.4 Å². The van der Waals surface area contributed by atoms with E-state index in [4.69, 9.17) is 22.1 Å². The molecule has 2 rings (SSSR count). The standard InChI is InChI=1S/C12H15ClFNO2/c1-17-11-8(16)6-7(13)10(14)9(11)12(15)4-2-3-5-12/h6,16H,2-5,15H2,1H3. The third kappa shape index (κ3) is 1.96. The lowest BCUT2D eigenvalue weighted by molar-refractivity contribution is 0.339. The molecule has 0 spiro atoms. The number of phenolic OH excluding ortho intramolecular Hbond substituents is 1. The van der Waals surface area contributed by atoms with Crippen molar-refractivity contribution in [2.75, 3.05) is 7.11 Å². The van der Waals surface area contributed by atoms with Crippen LogP contribution in [0.2, 0.25) is 5.02 Å². The monoisotopic (exact) mass is 259 g/mol. The predicted octanol–water partition coefficient (Wildman–Crippen LogP) is 2.92. The number of benzene rings is 1. The van der Waals surface area contributed by atoms with Crippen molar-refractivity contribution < 1.29 is 14.2 Å². The first-order chi connectivity index (χ1) is 7.99. The van der Waals surface area contributed by atoms with E-state index in [2.05, 4.69) is 0 Å². The quantitative estimate of drug-likeness (QED) is 0.859. The molecule has 0 saturated heterocycles. The van der Waals surface area contributed by atoms with Gasteiger partial charge in [0.2, 0.25) is 0 Å². The Bertz CT molecular complexity index is 445. The van der Waals surface area contributed by atoms with E-state index in [1.165, 1.54) is 7.11 Å². The van der Waals surface area contributed by atoms with Gasteiger partial charge < -0.3 is 15.6 Å². The summed E-state index contributed by atoms with van der Waals surface area (Å²) in [6.45, 7) is 0. The van der Waals surface area contributed by atoms with E-state index in [-0.39, 0.29) is 22.1 Å². The zero-order valence-electron chi connectivity index (χ0n) is 9.59. The van der Waals surface area contributed by atoms with Crippen LogP contribution in [-0.2, 0) is 5.54 Å². The van der Waals surface area contributed by atoms with Crippen LogP contribution in [0.1, 0.15) is 31.2 Å².